The largest absolute Gasteiger partial charge is 0.393 e. The van der Waals surface area contributed by atoms with Crippen molar-refractivity contribution in [2.75, 3.05) is 0 Å². The molecule has 1 saturated carbocycles. The molecule has 1 fully saturated rings. The molecule has 0 aromatic carbocycles. The molecule has 90 valence electrons. The number of hydrogen-bond acceptors (Lipinski definition) is 2. The van der Waals surface area contributed by atoms with Crippen LogP contribution in [0.25, 0.3) is 0 Å². The molecule has 0 atom stereocenters. The molecule has 0 bridgehead atoms. The number of nitrogens with one attached hydrogen (secondary N) is 1. The summed E-state index contributed by atoms with van der Waals surface area (Å²) in [6.07, 6.45) is 6.18. The van der Waals surface area contributed by atoms with Crippen molar-refractivity contribution in [3.63, 3.8) is 0 Å². The van der Waals surface area contributed by atoms with Crippen LogP contribution in [0.5, 0.6) is 0 Å². The molecule has 1 aromatic heterocycles. The van der Waals surface area contributed by atoms with Gasteiger partial charge >= 0.3 is 0 Å². The minimum atomic E-state index is -0.0578. The molecule has 0 unspecified atom stereocenters. The Morgan fingerprint density at radius 1 is 1.38 bits per heavy atom. The summed E-state index contributed by atoms with van der Waals surface area (Å²) in [6, 6.07) is 4.86. The second-order valence-electron chi connectivity index (χ2n) is 4.67. The Hall–Kier alpha value is -0.800. The molecule has 1 aliphatic carbocycles. The van der Waals surface area contributed by atoms with E-state index in [4.69, 9.17) is 0 Å². The molecular weight excluding hydrogens is 200 g/mol. The van der Waals surface area contributed by atoms with Gasteiger partial charge in [-0.25, -0.2) is 0 Å². The van der Waals surface area contributed by atoms with Crippen molar-refractivity contribution in [2.45, 2.75) is 57.8 Å². The molecule has 0 amide bonds. The molecule has 0 radical (unpaired) electrons. The first-order valence-corrected chi connectivity index (χ1v) is 6.35. The summed E-state index contributed by atoms with van der Waals surface area (Å²) in [5.41, 5.74) is 1.36. The van der Waals surface area contributed by atoms with Gasteiger partial charge < -0.3 is 15.0 Å². The fourth-order valence-corrected chi connectivity index (χ4v) is 2.45. The van der Waals surface area contributed by atoms with E-state index in [1.165, 1.54) is 5.69 Å². The first kappa shape index (κ1) is 11.7. The molecule has 2 rings (SSSR count). The average Bonchev–Trinajstić information content (AvgIpc) is 2.76. The number of rotatable bonds is 4. The Morgan fingerprint density at radius 3 is 2.81 bits per heavy atom. The van der Waals surface area contributed by atoms with Crippen molar-refractivity contribution in [3.05, 3.63) is 24.0 Å². The number of aromatic nitrogens is 1. The highest BCUT2D eigenvalue weighted by atomic mass is 16.3. The third-order valence-electron chi connectivity index (χ3n) is 3.53. The third kappa shape index (κ3) is 2.86. The van der Waals surface area contributed by atoms with Gasteiger partial charge in [0.05, 0.1) is 6.10 Å². The summed E-state index contributed by atoms with van der Waals surface area (Å²) >= 11 is 0. The lowest BCUT2D eigenvalue weighted by Gasteiger charge is -2.26. The zero-order valence-electron chi connectivity index (χ0n) is 10.0. The molecule has 0 spiro atoms. The van der Waals surface area contributed by atoms with Crippen LogP contribution in [0.1, 0.15) is 38.3 Å². The van der Waals surface area contributed by atoms with Crippen LogP contribution in [0.2, 0.25) is 0 Å². The highest BCUT2D eigenvalue weighted by Crippen LogP contribution is 2.18. The molecule has 1 aliphatic rings. The maximum atomic E-state index is 9.43. The lowest BCUT2D eigenvalue weighted by molar-refractivity contribution is 0.116. The van der Waals surface area contributed by atoms with Gasteiger partial charge in [0.2, 0.25) is 0 Å². The first-order chi connectivity index (χ1) is 7.79. The summed E-state index contributed by atoms with van der Waals surface area (Å²) in [5, 5.41) is 13.0. The van der Waals surface area contributed by atoms with Gasteiger partial charge in [0.15, 0.2) is 0 Å². The van der Waals surface area contributed by atoms with Crippen LogP contribution < -0.4 is 5.32 Å². The maximum Gasteiger partial charge on any atom is 0.0541 e. The quantitative estimate of drug-likeness (QED) is 0.816. The smallest absolute Gasteiger partial charge is 0.0541 e. The lowest BCUT2D eigenvalue weighted by atomic mass is 9.93. The molecule has 3 nitrogen and oxygen atoms in total. The summed E-state index contributed by atoms with van der Waals surface area (Å²) in [6.45, 7) is 4.15. The summed E-state index contributed by atoms with van der Waals surface area (Å²) in [5.74, 6) is 0. The van der Waals surface area contributed by atoms with E-state index >= 15 is 0 Å². The van der Waals surface area contributed by atoms with E-state index in [2.05, 4.69) is 35.1 Å². The van der Waals surface area contributed by atoms with Crippen molar-refractivity contribution in [1.82, 2.24) is 9.88 Å². The van der Waals surface area contributed by atoms with Crippen molar-refractivity contribution in [3.8, 4) is 0 Å². The Kier molecular flexibility index (Phi) is 4.02. The Bertz CT molecular complexity index is 313. The second-order valence-corrected chi connectivity index (χ2v) is 4.67. The SMILES string of the molecule is CCn1cccc1CNC1CCC(O)CC1. The van der Waals surface area contributed by atoms with Crippen LogP contribution in [-0.2, 0) is 13.1 Å². The van der Waals surface area contributed by atoms with Crippen LogP contribution in [0.4, 0.5) is 0 Å². The van der Waals surface area contributed by atoms with Gasteiger partial charge in [0.1, 0.15) is 0 Å². The van der Waals surface area contributed by atoms with Crippen LogP contribution in [0, 0.1) is 0 Å². The van der Waals surface area contributed by atoms with Crippen LogP contribution in [-0.4, -0.2) is 21.8 Å². The zero-order chi connectivity index (χ0) is 11.4. The molecule has 0 saturated heterocycles. The van der Waals surface area contributed by atoms with E-state index in [0.717, 1.165) is 38.8 Å². The van der Waals surface area contributed by atoms with Crippen LogP contribution in [0.15, 0.2) is 18.3 Å². The van der Waals surface area contributed by atoms with Gasteiger partial charge in [-0.05, 0) is 44.7 Å². The van der Waals surface area contributed by atoms with Crippen LogP contribution in [0.3, 0.4) is 0 Å². The minimum Gasteiger partial charge on any atom is -0.393 e. The molecule has 2 N–H and O–H groups in total. The topological polar surface area (TPSA) is 37.2 Å². The predicted molar refractivity (Wildman–Crippen MR) is 65.2 cm³/mol. The standard InChI is InChI=1S/C13H22N2O/c1-2-15-9-3-4-12(15)10-14-11-5-7-13(16)8-6-11/h3-4,9,11,13-14,16H,2,5-8,10H2,1H3. The van der Waals surface area contributed by atoms with Crippen molar-refractivity contribution < 1.29 is 5.11 Å². The summed E-state index contributed by atoms with van der Waals surface area (Å²) in [4.78, 5) is 0. The Labute approximate surface area is 97.5 Å². The summed E-state index contributed by atoms with van der Waals surface area (Å²) < 4.78 is 2.27. The molecule has 3 heteroatoms. The maximum absolute atomic E-state index is 9.43. The lowest BCUT2D eigenvalue weighted by Crippen LogP contribution is -2.34. The number of aliphatic hydroxyl groups is 1. The van der Waals surface area contributed by atoms with Gasteiger partial charge in [-0.3, -0.25) is 0 Å². The molecule has 0 aliphatic heterocycles. The fourth-order valence-electron chi connectivity index (χ4n) is 2.45. The van der Waals surface area contributed by atoms with Gasteiger partial charge in [-0.2, -0.15) is 0 Å². The van der Waals surface area contributed by atoms with E-state index in [1.54, 1.807) is 0 Å². The number of aliphatic hydroxyl groups excluding tert-OH is 1. The highest BCUT2D eigenvalue weighted by molar-refractivity contribution is 5.07. The van der Waals surface area contributed by atoms with Gasteiger partial charge in [0, 0.05) is 31.0 Å². The molecule has 16 heavy (non-hydrogen) atoms. The Balaban J connectivity index is 1.79. The van der Waals surface area contributed by atoms with Gasteiger partial charge in [0.25, 0.3) is 0 Å². The van der Waals surface area contributed by atoms with E-state index < -0.39 is 0 Å². The molecule has 1 aromatic rings. The Morgan fingerprint density at radius 2 is 2.12 bits per heavy atom. The summed E-state index contributed by atoms with van der Waals surface area (Å²) in [7, 11) is 0. The normalized spacial score (nSPS) is 25.9. The van der Waals surface area contributed by atoms with Crippen LogP contribution >= 0.6 is 0 Å². The fraction of sp³-hybridized carbons (Fsp3) is 0.692. The molecular formula is C13H22N2O. The van der Waals surface area contributed by atoms with Crippen molar-refractivity contribution in [1.29, 1.82) is 0 Å². The minimum absolute atomic E-state index is 0.0578. The van der Waals surface area contributed by atoms with Crippen molar-refractivity contribution in [2.24, 2.45) is 0 Å². The molecule has 1 heterocycles. The van der Waals surface area contributed by atoms with E-state index in [0.29, 0.717) is 6.04 Å². The zero-order valence-corrected chi connectivity index (χ0v) is 10.0. The van der Waals surface area contributed by atoms with E-state index in [1.807, 2.05) is 0 Å². The predicted octanol–water partition coefficient (Wildman–Crippen LogP) is 1.90. The van der Waals surface area contributed by atoms with Gasteiger partial charge in [-0.15, -0.1) is 0 Å². The van der Waals surface area contributed by atoms with Gasteiger partial charge in [-0.1, -0.05) is 0 Å². The monoisotopic (exact) mass is 222 g/mol. The van der Waals surface area contributed by atoms with Crippen molar-refractivity contribution >= 4 is 0 Å². The van der Waals surface area contributed by atoms with E-state index in [9.17, 15) is 5.11 Å². The average molecular weight is 222 g/mol. The first-order valence-electron chi connectivity index (χ1n) is 6.35. The highest BCUT2D eigenvalue weighted by Gasteiger charge is 2.18. The number of hydrogen-bond donors (Lipinski definition) is 2. The third-order valence-corrected chi connectivity index (χ3v) is 3.53. The van der Waals surface area contributed by atoms with E-state index in [-0.39, 0.29) is 6.10 Å². The second kappa shape index (κ2) is 5.51. The number of aryl methyl sites for hydroxylation is 1. The number of nitrogens with zero attached hydrogens (tertiary/aromatic N) is 1.